The quantitative estimate of drug-likeness (QED) is 0.440. The van der Waals surface area contributed by atoms with E-state index in [1.165, 1.54) is 7.05 Å². The highest BCUT2D eigenvalue weighted by Gasteiger charge is 2.25. The molecule has 0 aromatic heterocycles. The molecule has 3 amide bonds. The second-order valence-corrected chi connectivity index (χ2v) is 8.67. The number of benzene rings is 2. The number of likely N-dealkylation sites (tertiary alicyclic amines) is 1. The molecule has 0 bridgehead atoms. The number of nitrogens with zero attached hydrogens (tertiary/aromatic N) is 1. The van der Waals surface area contributed by atoms with Gasteiger partial charge in [0.05, 0.1) is 26.8 Å². The molecule has 0 spiro atoms. The molecule has 9 heteroatoms. The zero-order valence-corrected chi connectivity index (χ0v) is 21.3. The summed E-state index contributed by atoms with van der Waals surface area (Å²) < 4.78 is 11.0. The van der Waals surface area contributed by atoms with Crippen molar-refractivity contribution in [2.45, 2.75) is 32.2 Å². The summed E-state index contributed by atoms with van der Waals surface area (Å²) in [6, 6.07) is 13.1. The summed E-state index contributed by atoms with van der Waals surface area (Å²) in [7, 11) is 3.14. The molecule has 1 aliphatic rings. The van der Waals surface area contributed by atoms with Crippen LogP contribution >= 0.6 is 0 Å². The van der Waals surface area contributed by atoms with Crippen LogP contribution in [0.2, 0.25) is 0 Å². The number of methoxy groups -OCH3 is 1. The van der Waals surface area contributed by atoms with E-state index in [0.717, 1.165) is 42.0 Å². The molecule has 9 nitrogen and oxygen atoms in total. The Hall–Kier alpha value is -3.59. The Morgan fingerprint density at radius 1 is 1.11 bits per heavy atom. The van der Waals surface area contributed by atoms with E-state index in [0.29, 0.717) is 25.3 Å². The van der Waals surface area contributed by atoms with Crippen LogP contribution in [-0.2, 0) is 16.1 Å². The van der Waals surface area contributed by atoms with Crippen LogP contribution in [0.3, 0.4) is 0 Å². The highest BCUT2D eigenvalue weighted by molar-refractivity contribution is 5.96. The molecule has 1 fully saturated rings. The zero-order valence-electron chi connectivity index (χ0n) is 21.3. The summed E-state index contributed by atoms with van der Waals surface area (Å²) in [4.78, 5) is 38.7. The summed E-state index contributed by atoms with van der Waals surface area (Å²) in [5.74, 6) is 1.12. The largest absolute Gasteiger partial charge is 0.497 e. The van der Waals surface area contributed by atoms with Crippen LogP contribution in [0.1, 0.15) is 47.2 Å². The van der Waals surface area contributed by atoms with E-state index in [9.17, 15) is 14.4 Å². The van der Waals surface area contributed by atoms with Gasteiger partial charge in [-0.1, -0.05) is 18.2 Å². The van der Waals surface area contributed by atoms with Gasteiger partial charge in [0.15, 0.2) is 0 Å². The first-order valence-electron chi connectivity index (χ1n) is 12.3. The highest BCUT2D eigenvalue weighted by Crippen LogP contribution is 2.28. The van der Waals surface area contributed by atoms with Crippen LogP contribution in [-0.4, -0.2) is 69.6 Å². The first-order valence-corrected chi connectivity index (χ1v) is 12.3. The second-order valence-electron chi connectivity index (χ2n) is 8.67. The molecule has 1 saturated heterocycles. The van der Waals surface area contributed by atoms with Gasteiger partial charge in [-0.15, -0.1) is 0 Å². The first kappa shape index (κ1) is 27.0. The average Bonchev–Trinajstić information content (AvgIpc) is 2.92. The molecule has 3 N–H and O–H groups in total. The Bertz CT molecular complexity index is 1060. The number of nitrogens with one attached hydrogen (secondary N) is 3. The lowest BCUT2D eigenvalue weighted by Crippen LogP contribution is -2.43. The van der Waals surface area contributed by atoms with E-state index in [-0.39, 0.29) is 36.7 Å². The fourth-order valence-corrected chi connectivity index (χ4v) is 4.27. The predicted octanol–water partition coefficient (Wildman–Crippen LogP) is 2.07. The summed E-state index contributed by atoms with van der Waals surface area (Å²) >= 11 is 0. The summed E-state index contributed by atoms with van der Waals surface area (Å²) in [6.45, 7) is 4.47. The van der Waals surface area contributed by atoms with Crippen molar-refractivity contribution in [1.82, 2.24) is 20.9 Å². The minimum atomic E-state index is -0.293. The average molecular weight is 497 g/mol. The maximum atomic E-state index is 12.9. The molecule has 1 heterocycles. The minimum Gasteiger partial charge on any atom is -0.497 e. The SMILES string of the molecule is CCOc1cc(OC)ccc1CNCC(=O)N1CCC[C@@H](c2cccc(C(=O)NCC(=O)NC)c2)C1. The van der Waals surface area contributed by atoms with Crippen LogP contribution in [0.15, 0.2) is 42.5 Å². The Morgan fingerprint density at radius 2 is 1.94 bits per heavy atom. The maximum Gasteiger partial charge on any atom is 0.251 e. The molecular formula is C27H36N4O5. The number of likely N-dealkylation sites (N-methyl/N-ethyl adjacent to an activating group) is 1. The molecule has 2 aromatic carbocycles. The maximum absolute atomic E-state index is 12.9. The minimum absolute atomic E-state index is 0.0469. The van der Waals surface area contributed by atoms with Gasteiger partial charge in [-0.25, -0.2) is 0 Å². The van der Waals surface area contributed by atoms with Gasteiger partial charge < -0.3 is 30.3 Å². The summed E-state index contributed by atoms with van der Waals surface area (Å²) in [5.41, 5.74) is 2.49. The number of carbonyl (C=O) groups excluding carboxylic acids is 3. The molecule has 0 unspecified atom stereocenters. The number of ether oxygens (including phenoxy) is 2. The lowest BCUT2D eigenvalue weighted by molar-refractivity contribution is -0.131. The first-order chi connectivity index (χ1) is 17.4. The Kier molecular flexibility index (Phi) is 10.1. The zero-order chi connectivity index (χ0) is 25.9. The van der Waals surface area contributed by atoms with Gasteiger partial charge >= 0.3 is 0 Å². The fourth-order valence-electron chi connectivity index (χ4n) is 4.27. The number of hydrogen-bond acceptors (Lipinski definition) is 6. The smallest absolute Gasteiger partial charge is 0.251 e. The van der Waals surface area contributed by atoms with Crippen molar-refractivity contribution >= 4 is 17.7 Å². The van der Waals surface area contributed by atoms with Crippen molar-refractivity contribution in [3.63, 3.8) is 0 Å². The van der Waals surface area contributed by atoms with Gasteiger partial charge in [0, 0.05) is 49.8 Å². The number of rotatable bonds is 11. The third-order valence-corrected chi connectivity index (χ3v) is 6.25. The molecule has 0 aliphatic carbocycles. The lowest BCUT2D eigenvalue weighted by Gasteiger charge is -2.33. The molecule has 1 atom stereocenters. The van der Waals surface area contributed by atoms with Crippen LogP contribution in [0.25, 0.3) is 0 Å². The monoisotopic (exact) mass is 496 g/mol. The number of hydrogen-bond donors (Lipinski definition) is 3. The van der Waals surface area contributed by atoms with Gasteiger partial charge in [-0.05, 0) is 43.5 Å². The van der Waals surface area contributed by atoms with Gasteiger partial charge in [0.1, 0.15) is 11.5 Å². The van der Waals surface area contributed by atoms with Crippen molar-refractivity contribution in [2.24, 2.45) is 0 Å². The number of amides is 3. The summed E-state index contributed by atoms with van der Waals surface area (Å²) in [6.07, 6.45) is 1.85. The third kappa shape index (κ3) is 7.45. The molecule has 0 saturated carbocycles. The van der Waals surface area contributed by atoms with Crippen molar-refractivity contribution in [3.05, 3.63) is 59.2 Å². The van der Waals surface area contributed by atoms with Crippen molar-refractivity contribution < 1.29 is 23.9 Å². The van der Waals surface area contributed by atoms with Crippen molar-refractivity contribution in [2.75, 3.05) is 46.9 Å². The van der Waals surface area contributed by atoms with Gasteiger partial charge in [-0.2, -0.15) is 0 Å². The van der Waals surface area contributed by atoms with E-state index < -0.39 is 0 Å². The van der Waals surface area contributed by atoms with Crippen LogP contribution in [0, 0.1) is 0 Å². The van der Waals surface area contributed by atoms with Gasteiger partial charge in [0.25, 0.3) is 5.91 Å². The van der Waals surface area contributed by atoms with E-state index in [1.807, 2.05) is 48.2 Å². The van der Waals surface area contributed by atoms with Gasteiger partial charge in [-0.3, -0.25) is 14.4 Å². The molecule has 1 aliphatic heterocycles. The number of carbonyl (C=O) groups is 3. The number of piperidine rings is 1. The predicted molar refractivity (Wildman–Crippen MR) is 137 cm³/mol. The topological polar surface area (TPSA) is 109 Å². The molecule has 0 radical (unpaired) electrons. The molecular weight excluding hydrogens is 460 g/mol. The van der Waals surface area contributed by atoms with Crippen molar-refractivity contribution in [3.8, 4) is 11.5 Å². The normalized spacial score (nSPS) is 15.2. The van der Waals surface area contributed by atoms with E-state index in [4.69, 9.17) is 9.47 Å². The standard InChI is InChI=1S/C27H36N4O5/c1-4-36-24-14-23(35-3)11-10-21(24)15-29-17-26(33)31-12-6-9-22(18-31)19-7-5-8-20(13-19)27(34)30-16-25(32)28-2/h5,7-8,10-11,13-14,22,29H,4,6,9,12,15-18H2,1-3H3,(H,28,32)(H,30,34)/t22-/m1/s1. The van der Waals surface area contributed by atoms with E-state index in [1.54, 1.807) is 13.2 Å². The third-order valence-electron chi connectivity index (χ3n) is 6.25. The van der Waals surface area contributed by atoms with Crippen LogP contribution in [0.5, 0.6) is 11.5 Å². The Morgan fingerprint density at radius 3 is 2.69 bits per heavy atom. The molecule has 3 rings (SSSR count). The van der Waals surface area contributed by atoms with E-state index >= 15 is 0 Å². The molecule has 194 valence electrons. The van der Waals surface area contributed by atoms with E-state index in [2.05, 4.69) is 16.0 Å². The van der Waals surface area contributed by atoms with Crippen molar-refractivity contribution in [1.29, 1.82) is 0 Å². The summed E-state index contributed by atoms with van der Waals surface area (Å²) in [5, 5.41) is 8.35. The van der Waals surface area contributed by atoms with Crippen LogP contribution < -0.4 is 25.4 Å². The Balaban J connectivity index is 1.55. The molecule has 36 heavy (non-hydrogen) atoms. The van der Waals surface area contributed by atoms with Gasteiger partial charge in [0.2, 0.25) is 11.8 Å². The fraction of sp³-hybridized carbons (Fsp3) is 0.444. The lowest BCUT2D eigenvalue weighted by atomic mass is 9.89. The second kappa shape index (κ2) is 13.5. The molecule has 2 aromatic rings. The Labute approximate surface area is 212 Å². The highest BCUT2D eigenvalue weighted by atomic mass is 16.5. The van der Waals surface area contributed by atoms with Crippen LogP contribution in [0.4, 0.5) is 0 Å².